The Morgan fingerprint density at radius 3 is 2.80 bits per heavy atom. The fourth-order valence-corrected chi connectivity index (χ4v) is 3.67. The first-order chi connectivity index (χ1) is 11.9. The van der Waals surface area contributed by atoms with Gasteiger partial charge in [-0.05, 0) is 44.6 Å². The molecule has 0 unspecified atom stereocenters. The SMILES string of the molecule is Cc1nc2c(C(N)=O)ncn2c(C)c1CCC(=O)N1CCC[C@@H](C)C1. The molecule has 0 bridgehead atoms. The molecule has 0 spiro atoms. The molecule has 7 nitrogen and oxygen atoms in total. The van der Waals surface area contributed by atoms with Crippen LogP contribution in [-0.4, -0.2) is 44.2 Å². The van der Waals surface area contributed by atoms with Crippen LogP contribution in [-0.2, 0) is 11.2 Å². The van der Waals surface area contributed by atoms with Gasteiger partial charge in [0.2, 0.25) is 5.91 Å². The summed E-state index contributed by atoms with van der Waals surface area (Å²) < 4.78 is 1.77. The van der Waals surface area contributed by atoms with Crippen LogP contribution < -0.4 is 5.73 Å². The first kappa shape index (κ1) is 17.4. The van der Waals surface area contributed by atoms with Gasteiger partial charge in [0, 0.05) is 30.9 Å². The maximum atomic E-state index is 12.5. The highest BCUT2D eigenvalue weighted by atomic mass is 16.2. The molecule has 1 atom stereocenters. The minimum Gasteiger partial charge on any atom is -0.364 e. The average molecular weight is 343 g/mol. The second-order valence-electron chi connectivity index (χ2n) is 7.00. The summed E-state index contributed by atoms with van der Waals surface area (Å²) in [5.41, 5.74) is 8.79. The number of fused-ring (bicyclic) bond motifs is 1. The summed E-state index contributed by atoms with van der Waals surface area (Å²) in [5, 5.41) is 0. The van der Waals surface area contributed by atoms with E-state index in [1.54, 1.807) is 10.7 Å². The van der Waals surface area contributed by atoms with Crippen molar-refractivity contribution in [3.05, 3.63) is 29.0 Å². The molecular weight excluding hydrogens is 318 g/mol. The maximum absolute atomic E-state index is 12.5. The van der Waals surface area contributed by atoms with Crippen LogP contribution in [0.3, 0.4) is 0 Å². The summed E-state index contributed by atoms with van der Waals surface area (Å²) in [4.78, 5) is 34.5. The smallest absolute Gasteiger partial charge is 0.271 e. The van der Waals surface area contributed by atoms with Crippen molar-refractivity contribution in [2.24, 2.45) is 11.7 Å². The Labute approximate surface area is 147 Å². The summed E-state index contributed by atoms with van der Waals surface area (Å²) in [5.74, 6) is 0.196. The topological polar surface area (TPSA) is 93.6 Å². The predicted molar refractivity (Wildman–Crippen MR) is 94.3 cm³/mol. The van der Waals surface area contributed by atoms with Crippen molar-refractivity contribution in [3.8, 4) is 0 Å². The van der Waals surface area contributed by atoms with Crippen LogP contribution in [0.25, 0.3) is 5.65 Å². The number of nitrogens with two attached hydrogens (primary N) is 1. The lowest BCUT2D eigenvalue weighted by Crippen LogP contribution is -2.39. The molecule has 134 valence electrons. The Balaban J connectivity index is 1.79. The molecule has 1 aliphatic rings. The first-order valence-corrected chi connectivity index (χ1v) is 8.79. The van der Waals surface area contributed by atoms with E-state index in [9.17, 15) is 9.59 Å². The monoisotopic (exact) mass is 343 g/mol. The standard InChI is InChI=1S/C18H25N5O2/c1-11-5-4-8-22(9-11)15(24)7-6-14-12(2)21-18-16(17(19)25)20-10-23(18)13(14)3/h10-11H,4-9H2,1-3H3,(H2,19,25)/t11-/m1/s1. The predicted octanol–water partition coefficient (Wildman–Crippen LogP) is 1.64. The molecule has 0 saturated carbocycles. The highest BCUT2D eigenvalue weighted by Crippen LogP contribution is 2.20. The van der Waals surface area contributed by atoms with Gasteiger partial charge < -0.3 is 10.6 Å². The summed E-state index contributed by atoms with van der Waals surface area (Å²) in [6.45, 7) is 7.77. The third kappa shape index (κ3) is 3.36. The van der Waals surface area contributed by atoms with E-state index >= 15 is 0 Å². The van der Waals surface area contributed by atoms with Gasteiger partial charge in [0.25, 0.3) is 5.91 Å². The molecule has 25 heavy (non-hydrogen) atoms. The molecule has 0 aromatic carbocycles. The number of hydrogen-bond acceptors (Lipinski definition) is 4. The maximum Gasteiger partial charge on any atom is 0.271 e. The van der Waals surface area contributed by atoms with Crippen LogP contribution in [0.1, 0.15) is 53.6 Å². The highest BCUT2D eigenvalue weighted by Gasteiger charge is 2.22. The first-order valence-electron chi connectivity index (χ1n) is 8.79. The number of nitrogens with zero attached hydrogens (tertiary/aromatic N) is 4. The number of rotatable bonds is 4. The molecule has 1 saturated heterocycles. The number of amides is 2. The third-order valence-corrected chi connectivity index (χ3v) is 5.08. The zero-order valence-electron chi connectivity index (χ0n) is 15.1. The fourth-order valence-electron chi connectivity index (χ4n) is 3.67. The number of hydrogen-bond donors (Lipinski definition) is 1. The second-order valence-corrected chi connectivity index (χ2v) is 7.00. The van der Waals surface area contributed by atoms with Gasteiger partial charge in [0.1, 0.15) is 6.33 Å². The lowest BCUT2D eigenvalue weighted by atomic mass is 9.99. The number of primary amides is 1. The van der Waals surface area contributed by atoms with Crippen molar-refractivity contribution >= 4 is 17.5 Å². The Hall–Kier alpha value is -2.44. The molecular formula is C18H25N5O2. The summed E-state index contributed by atoms with van der Waals surface area (Å²) in [7, 11) is 0. The van der Waals surface area contributed by atoms with E-state index in [1.807, 2.05) is 18.7 Å². The van der Waals surface area contributed by atoms with E-state index in [2.05, 4.69) is 16.9 Å². The van der Waals surface area contributed by atoms with E-state index < -0.39 is 5.91 Å². The molecule has 0 aliphatic carbocycles. The van der Waals surface area contributed by atoms with E-state index in [1.165, 1.54) is 6.42 Å². The van der Waals surface area contributed by atoms with Crippen molar-refractivity contribution in [2.75, 3.05) is 13.1 Å². The van der Waals surface area contributed by atoms with Gasteiger partial charge in [-0.1, -0.05) is 6.92 Å². The van der Waals surface area contributed by atoms with E-state index in [0.29, 0.717) is 24.4 Å². The van der Waals surface area contributed by atoms with Crippen molar-refractivity contribution in [1.82, 2.24) is 19.3 Å². The van der Waals surface area contributed by atoms with Gasteiger partial charge in [0.15, 0.2) is 11.3 Å². The van der Waals surface area contributed by atoms with Crippen molar-refractivity contribution in [2.45, 2.75) is 46.5 Å². The number of aromatic nitrogens is 3. The molecule has 3 rings (SSSR count). The van der Waals surface area contributed by atoms with Gasteiger partial charge in [-0.25, -0.2) is 9.97 Å². The van der Waals surface area contributed by atoms with Crippen molar-refractivity contribution in [1.29, 1.82) is 0 Å². The van der Waals surface area contributed by atoms with Gasteiger partial charge in [0.05, 0.1) is 0 Å². The van der Waals surface area contributed by atoms with Crippen molar-refractivity contribution < 1.29 is 9.59 Å². The molecule has 2 N–H and O–H groups in total. The molecule has 3 heterocycles. The molecule has 0 radical (unpaired) electrons. The molecule has 1 fully saturated rings. The Kier molecular flexibility index (Phi) is 4.74. The van der Waals surface area contributed by atoms with Crippen LogP contribution >= 0.6 is 0 Å². The molecule has 2 aromatic rings. The van der Waals surface area contributed by atoms with E-state index in [-0.39, 0.29) is 11.6 Å². The number of likely N-dealkylation sites (tertiary alicyclic amines) is 1. The molecule has 1 aliphatic heterocycles. The minimum absolute atomic E-state index is 0.177. The minimum atomic E-state index is -0.587. The van der Waals surface area contributed by atoms with Crippen LogP contribution in [0.15, 0.2) is 6.33 Å². The van der Waals surface area contributed by atoms with Gasteiger partial charge >= 0.3 is 0 Å². The number of aryl methyl sites for hydroxylation is 2. The lowest BCUT2D eigenvalue weighted by molar-refractivity contribution is -0.132. The highest BCUT2D eigenvalue weighted by molar-refractivity contribution is 5.96. The average Bonchev–Trinajstić information content (AvgIpc) is 2.98. The largest absolute Gasteiger partial charge is 0.364 e. The summed E-state index contributed by atoms with van der Waals surface area (Å²) >= 11 is 0. The van der Waals surface area contributed by atoms with Crippen LogP contribution in [0.2, 0.25) is 0 Å². The summed E-state index contributed by atoms with van der Waals surface area (Å²) in [6.07, 6.45) is 4.96. The zero-order valence-corrected chi connectivity index (χ0v) is 15.1. The summed E-state index contributed by atoms with van der Waals surface area (Å²) in [6, 6.07) is 0. The Morgan fingerprint density at radius 1 is 1.36 bits per heavy atom. The number of piperidine rings is 1. The number of carbonyl (C=O) groups excluding carboxylic acids is 2. The Morgan fingerprint density at radius 2 is 2.12 bits per heavy atom. The Bertz CT molecular complexity index is 826. The van der Waals surface area contributed by atoms with Crippen LogP contribution in [0, 0.1) is 19.8 Å². The zero-order chi connectivity index (χ0) is 18.1. The normalized spacial score (nSPS) is 17.9. The molecule has 2 amide bonds. The van der Waals surface area contributed by atoms with Gasteiger partial charge in [-0.15, -0.1) is 0 Å². The number of imidazole rings is 1. The van der Waals surface area contributed by atoms with Gasteiger partial charge in [-0.2, -0.15) is 0 Å². The quantitative estimate of drug-likeness (QED) is 0.913. The lowest BCUT2D eigenvalue weighted by Gasteiger charge is -2.31. The van der Waals surface area contributed by atoms with E-state index in [0.717, 1.165) is 36.5 Å². The van der Waals surface area contributed by atoms with E-state index in [4.69, 9.17) is 5.73 Å². The molecule has 2 aromatic heterocycles. The van der Waals surface area contributed by atoms with Gasteiger partial charge in [-0.3, -0.25) is 14.0 Å². The van der Waals surface area contributed by atoms with Crippen LogP contribution in [0.5, 0.6) is 0 Å². The molecule has 7 heteroatoms. The van der Waals surface area contributed by atoms with Crippen molar-refractivity contribution in [3.63, 3.8) is 0 Å². The second kappa shape index (κ2) is 6.82. The van der Waals surface area contributed by atoms with Crippen LogP contribution in [0.4, 0.5) is 0 Å². The number of carbonyl (C=O) groups is 2. The third-order valence-electron chi connectivity index (χ3n) is 5.08. The fraction of sp³-hybridized carbons (Fsp3) is 0.556.